The molecule has 0 spiro atoms. The highest BCUT2D eigenvalue weighted by molar-refractivity contribution is 7.99. The Bertz CT molecular complexity index is 712. The van der Waals surface area contributed by atoms with E-state index in [2.05, 4.69) is 15.5 Å². The van der Waals surface area contributed by atoms with Crippen LogP contribution in [0.3, 0.4) is 0 Å². The minimum atomic E-state index is 0.0830. The van der Waals surface area contributed by atoms with Gasteiger partial charge in [-0.15, -0.1) is 10.2 Å². The first-order valence-corrected chi connectivity index (χ1v) is 10.8. The maximum Gasteiger partial charge on any atom is 0.230 e. The van der Waals surface area contributed by atoms with E-state index in [1.165, 1.54) is 37.4 Å². The molecule has 1 aromatic heterocycles. The number of thioether (sulfide) groups is 1. The van der Waals surface area contributed by atoms with Gasteiger partial charge < -0.3 is 14.6 Å². The van der Waals surface area contributed by atoms with E-state index in [1.807, 2.05) is 41.8 Å². The van der Waals surface area contributed by atoms with Crippen molar-refractivity contribution in [3.8, 4) is 5.75 Å². The number of hydrogen-bond donors (Lipinski definition) is 1. The van der Waals surface area contributed by atoms with Crippen LogP contribution in [0.5, 0.6) is 5.75 Å². The third-order valence-corrected chi connectivity index (χ3v) is 5.74. The lowest BCUT2D eigenvalue weighted by molar-refractivity contribution is -0.119. The smallest absolute Gasteiger partial charge is 0.230 e. The second kappa shape index (κ2) is 10.3. The summed E-state index contributed by atoms with van der Waals surface area (Å²) in [5, 5.41) is 12.4. The molecule has 0 atom stereocenters. The maximum atomic E-state index is 12.3. The molecule has 1 heterocycles. The molecule has 0 radical (unpaired) electrons. The van der Waals surface area contributed by atoms with Crippen LogP contribution in [0.25, 0.3) is 0 Å². The number of hydrogen-bond acceptors (Lipinski definition) is 5. The Hall–Kier alpha value is -2.02. The summed E-state index contributed by atoms with van der Waals surface area (Å²) in [6, 6.07) is 10.00. The van der Waals surface area contributed by atoms with Gasteiger partial charge in [0, 0.05) is 12.6 Å². The number of nitrogens with one attached hydrogen (secondary N) is 1. The van der Waals surface area contributed by atoms with E-state index in [1.54, 1.807) is 0 Å². The highest BCUT2D eigenvalue weighted by atomic mass is 32.2. The SMILES string of the molecule is CCn1c(COc2ccccc2)nnc1SCC(=O)NC1CCCCCC1. The molecule has 27 heavy (non-hydrogen) atoms. The van der Waals surface area contributed by atoms with Crippen molar-refractivity contribution >= 4 is 17.7 Å². The molecule has 1 saturated carbocycles. The molecule has 1 aliphatic carbocycles. The predicted molar refractivity (Wildman–Crippen MR) is 107 cm³/mol. The fraction of sp³-hybridized carbons (Fsp3) is 0.550. The van der Waals surface area contributed by atoms with Crippen LogP contribution in [0.1, 0.15) is 51.3 Å². The first kappa shape index (κ1) is 19.7. The third kappa shape index (κ3) is 5.99. The number of nitrogens with zero attached hydrogens (tertiary/aromatic N) is 3. The van der Waals surface area contributed by atoms with Gasteiger partial charge in [-0.2, -0.15) is 0 Å². The van der Waals surface area contributed by atoms with E-state index >= 15 is 0 Å². The topological polar surface area (TPSA) is 69.0 Å². The lowest BCUT2D eigenvalue weighted by atomic mass is 10.1. The highest BCUT2D eigenvalue weighted by Gasteiger charge is 2.17. The molecule has 146 valence electrons. The summed E-state index contributed by atoms with van der Waals surface area (Å²) in [6.45, 7) is 3.15. The Labute approximate surface area is 165 Å². The maximum absolute atomic E-state index is 12.3. The van der Waals surface area contributed by atoms with E-state index in [4.69, 9.17) is 4.74 Å². The number of ether oxygens (including phenoxy) is 1. The zero-order valence-electron chi connectivity index (χ0n) is 15.9. The molecule has 0 saturated heterocycles. The van der Waals surface area contributed by atoms with Crippen LogP contribution in [0, 0.1) is 0 Å². The molecule has 1 aromatic carbocycles. The van der Waals surface area contributed by atoms with Crippen molar-refractivity contribution in [3.05, 3.63) is 36.2 Å². The summed E-state index contributed by atoms with van der Waals surface area (Å²) in [5.41, 5.74) is 0. The zero-order chi connectivity index (χ0) is 18.9. The fourth-order valence-electron chi connectivity index (χ4n) is 3.34. The van der Waals surface area contributed by atoms with Crippen molar-refractivity contribution in [1.29, 1.82) is 0 Å². The van der Waals surface area contributed by atoms with Gasteiger partial charge in [0.15, 0.2) is 11.0 Å². The van der Waals surface area contributed by atoms with Crippen molar-refractivity contribution in [3.63, 3.8) is 0 Å². The van der Waals surface area contributed by atoms with Gasteiger partial charge in [0.2, 0.25) is 5.91 Å². The van der Waals surface area contributed by atoms with Gasteiger partial charge in [-0.1, -0.05) is 55.6 Å². The first-order valence-electron chi connectivity index (χ1n) is 9.78. The van der Waals surface area contributed by atoms with E-state index in [0.29, 0.717) is 18.4 Å². The average molecular weight is 389 g/mol. The van der Waals surface area contributed by atoms with E-state index in [-0.39, 0.29) is 5.91 Å². The standard InChI is InChI=1S/C20H28N4O2S/c1-2-24-18(14-26-17-12-8-5-9-13-17)22-23-20(24)27-15-19(25)21-16-10-6-3-4-7-11-16/h5,8-9,12-13,16H,2-4,6-7,10-11,14-15H2,1H3,(H,21,25). The summed E-state index contributed by atoms with van der Waals surface area (Å²) in [6.07, 6.45) is 7.20. The van der Waals surface area contributed by atoms with E-state index in [9.17, 15) is 4.79 Å². The van der Waals surface area contributed by atoms with E-state index in [0.717, 1.165) is 36.1 Å². The number of aromatic nitrogens is 3. The monoisotopic (exact) mass is 388 g/mol. The minimum Gasteiger partial charge on any atom is -0.486 e. The van der Waals surface area contributed by atoms with Crippen LogP contribution >= 0.6 is 11.8 Å². The van der Waals surface area contributed by atoms with Crippen molar-refractivity contribution < 1.29 is 9.53 Å². The molecular formula is C20H28N4O2S. The second-order valence-corrected chi connectivity index (χ2v) is 7.73. The highest BCUT2D eigenvalue weighted by Crippen LogP contribution is 2.20. The molecule has 0 bridgehead atoms. The predicted octanol–water partition coefficient (Wildman–Crippen LogP) is 3.81. The quantitative estimate of drug-likeness (QED) is 0.550. The van der Waals surface area contributed by atoms with Gasteiger partial charge in [0.1, 0.15) is 12.4 Å². The minimum absolute atomic E-state index is 0.0830. The normalized spacial score (nSPS) is 15.3. The van der Waals surface area contributed by atoms with Gasteiger partial charge in [-0.05, 0) is 31.9 Å². The molecule has 1 aliphatic rings. The third-order valence-electron chi connectivity index (χ3n) is 4.77. The van der Waals surface area contributed by atoms with Crippen molar-refractivity contribution in [1.82, 2.24) is 20.1 Å². The van der Waals surface area contributed by atoms with Gasteiger partial charge in [0.05, 0.1) is 5.75 Å². The van der Waals surface area contributed by atoms with E-state index < -0.39 is 0 Å². The van der Waals surface area contributed by atoms with Gasteiger partial charge >= 0.3 is 0 Å². The Kier molecular flexibility index (Phi) is 7.56. The molecule has 1 N–H and O–H groups in total. The number of para-hydroxylation sites is 1. The van der Waals surface area contributed by atoms with Gasteiger partial charge in [-0.3, -0.25) is 4.79 Å². The molecule has 0 aliphatic heterocycles. The van der Waals surface area contributed by atoms with Crippen molar-refractivity contribution in [2.45, 2.75) is 69.8 Å². The van der Waals surface area contributed by atoms with Crippen LogP contribution in [-0.2, 0) is 17.9 Å². The summed E-state index contributed by atoms with van der Waals surface area (Å²) in [7, 11) is 0. The zero-order valence-corrected chi connectivity index (χ0v) is 16.7. The Balaban J connectivity index is 1.50. The first-order chi connectivity index (χ1) is 13.3. The van der Waals surface area contributed by atoms with Crippen LogP contribution in [0.2, 0.25) is 0 Å². The molecule has 0 unspecified atom stereocenters. The molecule has 1 fully saturated rings. The molecule has 3 rings (SSSR count). The number of rotatable bonds is 8. The van der Waals surface area contributed by atoms with Crippen LogP contribution in [0.4, 0.5) is 0 Å². The molecule has 7 heteroatoms. The summed E-state index contributed by atoms with van der Waals surface area (Å²) >= 11 is 1.44. The lowest BCUT2D eigenvalue weighted by Gasteiger charge is -2.16. The van der Waals surface area contributed by atoms with Crippen molar-refractivity contribution in [2.75, 3.05) is 5.75 Å². The average Bonchev–Trinajstić information content (AvgIpc) is 2.91. The summed E-state index contributed by atoms with van der Waals surface area (Å²) < 4.78 is 7.78. The van der Waals surface area contributed by atoms with Crippen LogP contribution in [-0.4, -0.2) is 32.5 Å². The van der Waals surface area contributed by atoms with Crippen LogP contribution < -0.4 is 10.1 Å². The number of carbonyl (C=O) groups excluding carboxylic acids is 1. The molecule has 6 nitrogen and oxygen atoms in total. The number of amides is 1. The largest absolute Gasteiger partial charge is 0.486 e. The number of benzene rings is 1. The molecular weight excluding hydrogens is 360 g/mol. The van der Waals surface area contributed by atoms with Crippen molar-refractivity contribution in [2.24, 2.45) is 0 Å². The summed E-state index contributed by atoms with van der Waals surface area (Å²) in [4.78, 5) is 12.3. The fourth-order valence-corrected chi connectivity index (χ4v) is 4.17. The second-order valence-electron chi connectivity index (χ2n) is 6.79. The molecule has 2 aromatic rings. The lowest BCUT2D eigenvalue weighted by Crippen LogP contribution is -2.35. The van der Waals surface area contributed by atoms with Crippen LogP contribution in [0.15, 0.2) is 35.5 Å². The van der Waals surface area contributed by atoms with Gasteiger partial charge in [-0.25, -0.2) is 0 Å². The Morgan fingerprint density at radius 2 is 1.93 bits per heavy atom. The van der Waals surface area contributed by atoms with Gasteiger partial charge in [0.25, 0.3) is 0 Å². The Morgan fingerprint density at radius 1 is 1.19 bits per heavy atom. The Morgan fingerprint density at radius 3 is 2.63 bits per heavy atom. The summed E-state index contributed by atoms with van der Waals surface area (Å²) in [5.74, 6) is 2.03. The molecule has 1 amide bonds. The number of carbonyl (C=O) groups is 1.